The molecular formula is C26H21ClN2O5S. The molecule has 1 heterocycles. The van der Waals surface area contributed by atoms with Crippen molar-refractivity contribution in [2.45, 2.75) is 6.92 Å². The number of aliphatic carboxylic acids is 1. The van der Waals surface area contributed by atoms with Gasteiger partial charge in [-0.25, -0.2) is 9.79 Å². The van der Waals surface area contributed by atoms with E-state index >= 15 is 0 Å². The smallest absolute Gasteiger partial charge is 0.341 e. The predicted octanol–water partition coefficient (Wildman–Crippen LogP) is 6.01. The van der Waals surface area contributed by atoms with Gasteiger partial charge in [-0.3, -0.25) is 9.69 Å². The Morgan fingerprint density at radius 1 is 1.09 bits per heavy atom. The number of carboxylic acids is 1. The highest BCUT2D eigenvalue weighted by atomic mass is 35.5. The lowest BCUT2D eigenvalue weighted by molar-refractivity contribution is -0.139. The number of benzene rings is 3. The molecule has 1 fully saturated rings. The van der Waals surface area contributed by atoms with Gasteiger partial charge in [-0.15, -0.1) is 0 Å². The number of amidine groups is 1. The number of para-hydroxylation sites is 2. The van der Waals surface area contributed by atoms with E-state index in [0.717, 1.165) is 5.69 Å². The zero-order chi connectivity index (χ0) is 24.8. The van der Waals surface area contributed by atoms with E-state index in [1.807, 2.05) is 60.7 Å². The molecule has 0 aromatic heterocycles. The summed E-state index contributed by atoms with van der Waals surface area (Å²) >= 11 is 7.63. The second kappa shape index (κ2) is 11.1. The van der Waals surface area contributed by atoms with Gasteiger partial charge in [0.1, 0.15) is 0 Å². The zero-order valence-corrected chi connectivity index (χ0v) is 20.3. The molecule has 3 aromatic carbocycles. The number of carbonyl (C=O) groups is 2. The van der Waals surface area contributed by atoms with Crippen LogP contribution in [0, 0.1) is 0 Å². The van der Waals surface area contributed by atoms with Crippen molar-refractivity contribution in [3.63, 3.8) is 0 Å². The molecule has 0 atom stereocenters. The molecule has 3 aromatic rings. The van der Waals surface area contributed by atoms with Crippen LogP contribution in [-0.4, -0.2) is 35.4 Å². The van der Waals surface area contributed by atoms with Gasteiger partial charge in [-0.2, -0.15) is 0 Å². The highest BCUT2D eigenvalue weighted by Crippen LogP contribution is 2.40. The lowest BCUT2D eigenvalue weighted by atomic mass is 10.1. The minimum absolute atomic E-state index is 0.140. The van der Waals surface area contributed by atoms with Crippen LogP contribution in [0.2, 0.25) is 5.02 Å². The van der Waals surface area contributed by atoms with Crippen LogP contribution in [-0.2, 0) is 9.59 Å². The Morgan fingerprint density at radius 2 is 1.77 bits per heavy atom. The van der Waals surface area contributed by atoms with Crippen molar-refractivity contribution in [2.75, 3.05) is 18.1 Å². The molecule has 1 N–H and O–H groups in total. The molecule has 0 radical (unpaired) electrons. The molecule has 0 bridgehead atoms. The van der Waals surface area contributed by atoms with Crippen molar-refractivity contribution in [2.24, 2.45) is 4.99 Å². The molecule has 0 aliphatic carbocycles. The Hall–Kier alpha value is -3.75. The van der Waals surface area contributed by atoms with E-state index in [9.17, 15) is 9.59 Å². The first-order chi connectivity index (χ1) is 17.0. The van der Waals surface area contributed by atoms with Crippen molar-refractivity contribution < 1.29 is 24.2 Å². The second-order valence-electron chi connectivity index (χ2n) is 7.26. The average molecular weight is 509 g/mol. The van der Waals surface area contributed by atoms with Crippen LogP contribution in [0.5, 0.6) is 11.5 Å². The number of thioether (sulfide) groups is 1. The van der Waals surface area contributed by atoms with Gasteiger partial charge in [0, 0.05) is 0 Å². The summed E-state index contributed by atoms with van der Waals surface area (Å²) in [4.78, 5) is 31.1. The summed E-state index contributed by atoms with van der Waals surface area (Å²) in [6.45, 7) is 1.56. The van der Waals surface area contributed by atoms with E-state index in [1.54, 1.807) is 30.0 Å². The molecule has 0 spiro atoms. The molecule has 1 saturated heterocycles. The average Bonchev–Trinajstić information content (AvgIpc) is 3.14. The maximum atomic E-state index is 13.5. The van der Waals surface area contributed by atoms with Crippen LogP contribution in [0.1, 0.15) is 12.5 Å². The molecule has 0 unspecified atom stereocenters. The van der Waals surface area contributed by atoms with Crippen LogP contribution >= 0.6 is 23.4 Å². The lowest BCUT2D eigenvalue weighted by Gasteiger charge is -2.15. The monoisotopic (exact) mass is 508 g/mol. The molecule has 9 heteroatoms. The van der Waals surface area contributed by atoms with Crippen LogP contribution in [0.25, 0.3) is 6.08 Å². The van der Waals surface area contributed by atoms with Crippen molar-refractivity contribution in [1.82, 2.24) is 0 Å². The summed E-state index contributed by atoms with van der Waals surface area (Å²) in [5.74, 6) is -0.924. The fourth-order valence-electron chi connectivity index (χ4n) is 3.33. The van der Waals surface area contributed by atoms with Gasteiger partial charge in [0.2, 0.25) is 0 Å². The second-order valence-corrected chi connectivity index (χ2v) is 8.68. The fraction of sp³-hybridized carbons (Fsp3) is 0.115. The number of carbonyl (C=O) groups excluding carboxylic acids is 1. The van der Waals surface area contributed by atoms with Crippen molar-refractivity contribution >= 4 is 57.9 Å². The topological polar surface area (TPSA) is 88.4 Å². The Bertz CT molecular complexity index is 1300. The molecule has 1 aliphatic rings. The van der Waals surface area contributed by atoms with Crippen LogP contribution in [0.4, 0.5) is 11.4 Å². The fourth-order valence-corrected chi connectivity index (χ4v) is 4.60. The summed E-state index contributed by atoms with van der Waals surface area (Å²) in [6.07, 6.45) is 1.70. The number of ether oxygens (including phenoxy) is 2. The van der Waals surface area contributed by atoms with Gasteiger partial charge in [-0.1, -0.05) is 48.0 Å². The van der Waals surface area contributed by atoms with E-state index in [1.165, 1.54) is 11.8 Å². The third-order valence-corrected chi connectivity index (χ3v) is 6.02. The van der Waals surface area contributed by atoms with Gasteiger partial charge in [0.15, 0.2) is 23.3 Å². The highest BCUT2D eigenvalue weighted by Gasteiger charge is 2.34. The number of amides is 1. The summed E-state index contributed by atoms with van der Waals surface area (Å²) in [5, 5.41) is 9.64. The number of carboxylic acid groups (broad SMARTS) is 1. The van der Waals surface area contributed by atoms with Gasteiger partial charge < -0.3 is 14.6 Å². The first kappa shape index (κ1) is 24.4. The standard InChI is InChI=1S/C26H21ClN2O5S/c1-2-33-21-14-17(13-20(27)24(21)34-16-23(30)31)15-22-25(32)29(19-11-7-4-8-12-19)26(35-22)28-18-9-5-3-6-10-18/h3-15H,2,16H2,1H3,(H,30,31)/b22-15+,28-26?. The predicted molar refractivity (Wildman–Crippen MR) is 139 cm³/mol. The molecular weight excluding hydrogens is 488 g/mol. The SMILES string of the molecule is CCOc1cc(/C=C2/SC(=Nc3ccccc3)N(c3ccccc3)C2=O)cc(Cl)c1OCC(=O)O. The van der Waals surface area contributed by atoms with E-state index in [4.69, 9.17) is 31.2 Å². The third-order valence-electron chi connectivity index (χ3n) is 4.77. The molecule has 178 valence electrons. The molecule has 0 saturated carbocycles. The number of anilines is 1. The molecule has 4 rings (SSSR count). The summed E-state index contributed by atoms with van der Waals surface area (Å²) in [7, 11) is 0. The number of nitrogens with zero attached hydrogens (tertiary/aromatic N) is 2. The molecule has 1 amide bonds. The largest absolute Gasteiger partial charge is 0.490 e. The normalized spacial score (nSPS) is 15.6. The summed E-state index contributed by atoms with van der Waals surface area (Å²) in [6, 6.07) is 22.0. The van der Waals surface area contributed by atoms with Crippen molar-refractivity contribution in [3.8, 4) is 11.5 Å². The maximum Gasteiger partial charge on any atom is 0.341 e. The van der Waals surface area contributed by atoms with Gasteiger partial charge in [-0.05, 0) is 66.7 Å². The summed E-state index contributed by atoms with van der Waals surface area (Å²) < 4.78 is 10.9. The molecule has 7 nitrogen and oxygen atoms in total. The summed E-state index contributed by atoms with van der Waals surface area (Å²) in [5.41, 5.74) is 2.03. The van der Waals surface area contributed by atoms with Crippen LogP contribution in [0.3, 0.4) is 0 Å². The quantitative estimate of drug-likeness (QED) is 0.375. The highest BCUT2D eigenvalue weighted by molar-refractivity contribution is 8.19. The van der Waals surface area contributed by atoms with Crippen LogP contribution in [0.15, 0.2) is 82.7 Å². The first-order valence-electron chi connectivity index (χ1n) is 10.7. The number of aliphatic imine (C=N–C) groups is 1. The molecule has 35 heavy (non-hydrogen) atoms. The van der Waals surface area contributed by atoms with E-state index in [2.05, 4.69) is 0 Å². The maximum absolute atomic E-state index is 13.5. The Labute approximate surface area is 211 Å². The number of halogens is 1. The van der Waals surface area contributed by atoms with Gasteiger partial charge in [0.25, 0.3) is 5.91 Å². The van der Waals surface area contributed by atoms with E-state index in [0.29, 0.717) is 33.7 Å². The number of hydrogen-bond donors (Lipinski definition) is 1. The Balaban J connectivity index is 1.73. The lowest BCUT2D eigenvalue weighted by Crippen LogP contribution is -2.28. The minimum atomic E-state index is -1.13. The Kier molecular flexibility index (Phi) is 7.74. The Morgan fingerprint density at radius 3 is 2.43 bits per heavy atom. The van der Waals surface area contributed by atoms with Crippen molar-refractivity contribution in [3.05, 3.63) is 88.3 Å². The minimum Gasteiger partial charge on any atom is -0.490 e. The third kappa shape index (κ3) is 5.85. The van der Waals surface area contributed by atoms with E-state index < -0.39 is 12.6 Å². The van der Waals surface area contributed by atoms with Crippen molar-refractivity contribution in [1.29, 1.82) is 0 Å². The van der Waals surface area contributed by atoms with E-state index in [-0.39, 0.29) is 16.7 Å². The number of hydrogen-bond acceptors (Lipinski definition) is 6. The number of rotatable bonds is 8. The molecule has 1 aliphatic heterocycles. The van der Waals surface area contributed by atoms with Gasteiger partial charge >= 0.3 is 5.97 Å². The van der Waals surface area contributed by atoms with Gasteiger partial charge in [0.05, 0.1) is 27.9 Å². The zero-order valence-electron chi connectivity index (χ0n) is 18.7. The van der Waals surface area contributed by atoms with Crippen LogP contribution < -0.4 is 14.4 Å². The first-order valence-corrected chi connectivity index (χ1v) is 11.9.